The molecule has 4 heteroatoms. The van der Waals surface area contributed by atoms with E-state index >= 15 is 0 Å². The van der Waals surface area contributed by atoms with Crippen LogP contribution in [0.25, 0.3) is 11.0 Å². The monoisotopic (exact) mass is 311 g/mol. The second-order valence-corrected chi connectivity index (χ2v) is 5.96. The van der Waals surface area contributed by atoms with Crippen LogP contribution in [-0.4, -0.2) is 11.9 Å². The van der Waals surface area contributed by atoms with Gasteiger partial charge in [-0.1, -0.05) is 19.1 Å². The first-order chi connectivity index (χ1) is 11.0. The van der Waals surface area contributed by atoms with Crippen LogP contribution in [0.2, 0.25) is 0 Å². The first-order valence-electron chi connectivity index (χ1n) is 7.84. The van der Waals surface area contributed by atoms with E-state index in [0.717, 1.165) is 34.5 Å². The van der Waals surface area contributed by atoms with E-state index in [0.29, 0.717) is 18.7 Å². The van der Waals surface area contributed by atoms with Crippen molar-refractivity contribution in [2.75, 3.05) is 7.05 Å². The molecule has 0 saturated carbocycles. The fourth-order valence-corrected chi connectivity index (χ4v) is 2.81. The number of hydrogen-bond acceptors (Lipinski definition) is 4. The van der Waals surface area contributed by atoms with Crippen LogP contribution < -0.4 is 5.63 Å². The molecule has 2 heterocycles. The molecular weight excluding hydrogens is 290 g/mol. The minimum atomic E-state index is -0.303. The topological polar surface area (TPSA) is 46.6 Å². The molecule has 2 aromatic heterocycles. The van der Waals surface area contributed by atoms with E-state index in [2.05, 4.69) is 17.9 Å². The molecule has 0 N–H and O–H groups in total. The molecule has 0 aliphatic heterocycles. The summed E-state index contributed by atoms with van der Waals surface area (Å²) in [4.78, 5) is 14.0. The summed E-state index contributed by atoms with van der Waals surface area (Å²) in [5, 5.41) is 0.990. The lowest BCUT2D eigenvalue weighted by molar-refractivity contribution is 0.285. The van der Waals surface area contributed by atoms with Gasteiger partial charge < -0.3 is 8.83 Å². The third kappa shape index (κ3) is 3.54. The Kier molecular flexibility index (Phi) is 4.35. The molecule has 0 amide bonds. The molecule has 0 spiro atoms. The summed E-state index contributed by atoms with van der Waals surface area (Å²) < 4.78 is 11.0. The second kappa shape index (κ2) is 6.42. The number of fused-ring (bicyclic) bond motifs is 1. The van der Waals surface area contributed by atoms with Crippen LogP contribution in [0.1, 0.15) is 29.6 Å². The van der Waals surface area contributed by atoms with Crippen molar-refractivity contribution in [2.24, 2.45) is 0 Å². The fraction of sp³-hybridized carbons (Fsp3) is 0.316. The number of rotatable bonds is 5. The summed E-state index contributed by atoms with van der Waals surface area (Å²) in [6.07, 6.45) is 0.918. The Labute approximate surface area is 135 Å². The molecule has 0 aliphatic carbocycles. The standard InChI is InChI=1S/C19H21NO3/c1-4-14-6-8-17-15(10-19(21)23-18(17)9-14)11-20(3)12-16-7-5-13(2)22-16/h5-10H,4,11-12H2,1-3H3. The van der Waals surface area contributed by atoms with Crippen LogP contribution in [0, 0.1) is 6.92 Å². The van der Waals surface area contributed by atoms with Crippen LogP contribution in [0.15, 0.2) is 50.0 Å². The molecule has 23 heavy (non-hydrogen) atoms. The van der Waals surface area contributed by atoms with Crippen LogP contribution in [0.4, 0.5) is 0 Å². The summed E-state index contributed by atoms with van der Waals surface area (Å²) in [6, 6.07) is 11.6. The summed E-state index contributed by atoms with van der Waals surface area (Å²) in [5.74, 6) is 1.83. The normalized spacial score (nSPS) is 11.5. The maximum atomic E-state index is 11.8. The van der Waals surface area contributed by atoms with Gasteiger partial charge in [0.15, 0.2) is 0 Å². The molecule has 0 atom stereocenters. The lowest BCUT2D eigenvalue weighted by Gasteiger charge is -2.16. The van der Waals surface area contributed by atoms with Crippen molar-refractivity contribution < 1.29 is 8.83 Å². The minimum absolute atomic E-state index is 0.303. The Balaban J connectivity index is 1.88. The summed E-state index contributed by atoms with van der Waals surface area (Å²) in [7, 11) is 2.01. The molecule has 1 aromatic carbocycles. The van der Waals surface area contributed by atoms with Crippen molar-refractivity contribution in [2.45, 2.75) is 33.4 Å². The average Bonchev–Trinajstić information content (AvgIpc) is 2.91. The van der Waals surface area contributed by atoms with Crippen molar-refractivity contribution in [3.05, 3.63) is 69.5 Å². The van der Waals surface area contributed by atoms with E-state index in [1.165, 1.54) is 0 Å². The lowest BCUT2D eigenvalue weighted by atomic mass is 10.1. The lowest BCUT2D eigenvalue weighted by Crippen LogP contribution is -2.18. The van der Waals surface area contributed by atoms with Gasteiger partial charge in [-0.05, 0) is 49.7 Å². The van der Waals surface area contributed by atoms with Gasteiger partial charge in [0.05, 0.1) is 6.54 Å². The van der Waals surface area contributed by atoms with Gasteiger partial charge in [0, 0.05) is 18.0 Å². The molecule has 0 radical (unpaired) electrons. The van der Waals surface area contributed by atoms with E-state index in [-0.39, 0.29) is 5.63 Å². The van der Waals surface area contributed by atoms with Gasteiger partial charge in [0.1, 0.15) is 17.1 Å². The first kappa shape index (κ1) is 15.6. The molecule has 0 unspecified atom stereocenters. The number of aryl methyl sites for hydroxylation is 2. The van der Waals surface area contributed by atoms with Crippen molar-refractivity contribution >= 4 is 11.0 Å². The molecule has 0 bridgehead atoms. The quantitative estimate of drug-likeness (QED) is 0.671. The zero-order valence-corrected chi connectivity index (χ0v) is 13.8. The van der Waals surface area contributed by atoms with Gasteiger partial charge in [-0.25, -0.2) is 4.79 Å². The van der Waals surface area contributed by atoms with Gasteiger partial charge >= 0.3 is 5.63 Å². The zero-order valence-electron chi connectivity index (χ0n) is 13.8. The Morgan fingerprint density at radius 3 is 2.57 bits per heavy atom. The molecule has 3 aromatic rings. The van der Waals surface area contributed by atoms with Gasteiger partial charge in [-0.3, -0.25) is 4.90 Å². The van der Waals surface area contributed by atoms with Crippen molar-refractivity contribution in [1.29, 1.82) is 0 Å². The molecule has 0 saturated heterocycles. The highest BCUT2D eigenvalue weighted by atomic mass is 16.4. The van der Waals surface area contributed by atoms with Crippen molar-refractivity contribution in [3.8, 4) is 0 Å². The number of hydrogen-bond donors (Lipinski definition) is 0. The molecule has 120 valence electrons. The van der Waals surface area contributed by atoms with E-state index in [1.807, 2.05) is 38.2 Å². The Hall–Kier alpha value is -2.33. The largest absolute Gasteiger partial charge is 0.465 e. The van der Waals surface area contributed by atoms with Crippen molar-refractivity contribution in [3.63, 3.8) is 0 Å². The predicted molar refractivity (Wildman–Crippen MR) is 90.5 cm³/mol. The zero-order chi connectivity index (χ0) is 16.4. The Bertz CT molecular complexity index is 876. The number of benzene rings is 1. The predicted octanol–water partition coefficient (Wildman–Crippen LogP) is 3.89. The van der Waals surface area contributed by atoms with Gasteiger partial charge in [0.25, 0.3) is 0 Å². The smallest absolute Gasteiger partial charge is 0.336 e. The molecule has 0 fully saturated rings. The van der Waals surface area contributed by atoms with Crippen molar-refractivity contribution in [1.82, 2.24) is 4.90 Å². The fourth-order valence-electron chi connectivity index (χ4n) is 2.81. The Morgan fingerprint density at radius 2 is 1.87 bits per heavy atom. The van der Waals surface area contributed by atoms with Crippen LogP contribution >= 0.6 is 0 Å². The third-order valence-corrected chi connectivity index (χ3v) is 3.96. The summed E-state index contributed by atoms with van der Waals surface area (Å²) in [5.41, 5.74) is 2.50. The third-order valence-electron chi connectivity index (χ3n) is 3.96. The van der Waals surface area contributed by atoms with Gasteiger partial charge in [-0.15, -0.1) is 0 Å². The van der Waals surface area contributed by atoms with Gasteiger partial charge in [0.2, 0.25) is 0 Å². The first-order valence-corrected chi connectivity index (χ1v) is 7.84. The SMILES string of the molecule is CCc1ccc2c(CN(C)Cc3ccc(C)o3)cc(=O)oc2c1. The van der Waals surface area contributed by atoms with E-state index in [4.69, 9.17) is 8.83 Å². The maximum absolute atomic E-state index is 11.8. The Morgan fingerprint density at radius 1 is 1.04 bits per heavy atom. The summed E-state index contributed by atoms with van der Waals surface area (Å²) >= 11 is 0. The van der Waals surface area contributed by atoms with Crippen LogP contribution in [-0.2, 0) is 19.5 Å². The molecule has 3 rings (SSSR count). The minimum Gasteiger partial charge on any atom is -0.465 e. The van der Waals surface area contributed by atoms with E-state index < -0.39 is 0 Å². The molecular formula is C19H21NO3. The maximum Gasteiger partial charge on any atom is 0.336 e. The van der Waals surface area contributed by atoms with E-state index in [1.54, 1.807) is 6.07 Å². The molecule has 4 nitrogen and oxygen atoms in total. The number of furan rings is 1. The molecule has 0 aliphatic rings. The van der Waals surface area contributed by atoms with E-state index in [9.17, 15) is 4.79 Å². The van der Waals surface area contributed by atoms with Gasteiger partial charge in [-0.2, -0.15) is 0 Å². The van der Waals surface area contributed by atoms with Crippen LogP contribution in [0.3, 0.4) is 0 Å². The number of nitrogens with zero attached hydrogens (tertiary/aromatic N) is 1. The highest BCUT2D eigenvalue weighted by molar-refractivity contribution is 5.80. The highest BCUT2D eigenvalue weighted by Gasteiger charge is 2.10. The second-order valence-electron chi connectivity index (χ2n) is 5.96. The summed E-state index contributed by atoms with van der Waals surface area (Å²) in [6.45, 7) is 5.38. The average molecular weight is 311 g/mol. The van der Waals surface area contributed by atoms with Crippen LogP contribution in [0.5, 0.6) is 0 Å². The highest BCUT2D eigenvalue weighted by Crippen LogP contribution is 2.21.